The van der Waals surface area contributed by atoms with Crippen LogP contribution >= 0.6 is 0 Å². The third-order valence-electron chi connectivity index (χ3n) is 2.65. The van der Waals surface area contributed by atoms with Gasteiger partial charge in [-0.1, -0.05) is 6.92 Å². The van der Waals surface area contributed by atoms with Crippen molar-refractivity contribution in [2.24, 2.45) is 0 Å². The van der Waals surface area contributed by atoms with Crippen LogP contribution in [0.4, 0.5) is 8.78 Å². The summed E-state index contributed by atoms with van der Waals surface area (Å²) in [6.07, 6.45) is 0.667. The van der Waals surface area contributed by atoms with Crippen molar-refractivity contribution in [1.29, 1.82) is 0 Å². The second-order valence-electron chi connectivity index (χ2n) is 4.11. The van der Waals surface area contributed by atoms with Crippen molar-refractivity contribution in [2.45, 2.75) is 36.5 Å². The summed E-state index contributed by atoms with van der Waals surface area (Å²) >= 11 is 0. The van der Waals surface area contributed by atoms with Gasteiger partial charge in [0, 0.05) is 17.4 Å². The van der Waals surface area contributed by atoms with Crippen LogP contribution in [-0.2, 0) is 10.8 Å². The molecule has 1 N–H and O–H groups in total. The van der Waals surface area contributed by atoms with Crippen LogP contribution < -0.4 is 5.32 Å². The van der Waals surface area contributed by atoms with E-state index in [1.54, 1.807) is 6.92 Å². The van der Waals surface area contributed by atoms with Gasteiger partial charge in [-0.05, 0) is 32.5 Å². The average molecular weight is 261 g/mol. The van der Waals surface area contributed by atoms with E-state index in [1.165, 1.54) is 6.07 Å². The molecule has 0 saturated carbocycles. The van der Waals surface area contributed by atoms with E-state index in [1.807, 2.05) is 14.0 Å². The Kier molecular flexibility index (Phi) is 5.21. The topological polar surface area (TPSA) is 29.1 Å². The lowest BCUT2D eigenvalue weighted by Gasteiger charge is -2.16. The molecule has 1 rings (SSSR count). The Morgan fingerprint density at radius 2 is 2.00 bits per heavy atom. The van der Waals surface area contributed by atoms with Crippen LogP contribution in [0.15, 0.2) is 23.1 Å². The van der Waals surface area contributed by atoms with Crippen molar-refractivity contribution >= 4 is 10.8 Å². The minimum Gasteiger partial charge on any atom is -0.317 e. The van der Waals surface area contributed by atoms with Gasteiger partial charge >= 0.3 is 0 Å². The normalized spacial score (nSPS) is 16.5. The second kappa shape index (κ2) is 6.21. The molecular formula is C12H17F2NOS. The molecule has 0 bridgehead atoms. The van der Waals surface area contributed by atoms with E-state index in [-0.39, 0.29) is 16.2 Å². The molecule has 0 aliphatic carbocycles. The van der Waals surface area contributed by atoms with E-state index in [0.29, 0.717) is 6.42 Å². The van der Waals surface area contributed by atoms with Gasteiger partial charge in [-0.3, -0.25) is 4.21 Å². The highest BCUT2D eigenvalue weighted by Crippen LogP contribution is 2.19. The standard InChI is InChI=1S/C12H17F2NOS/c1-8(15-3)6-9(2)17(16)12-5-4-10(13)7-11(12)14/h4-5,7-9,15H,6H2,1-3H3. The van der Waals surface area contributed by atoms with Gasteiger partial charge in [0.1, 0.15) is 11.6 Å². The number of halogens is 2. The molecule has 3 unspecified atom stereocenters. The highest BCUT2D eigenvalue weighted by Gasteiger charge is 2.19. The molecule has 0 fully saturated rings. The van der Waals surface area contributed by atoms with E-state index in [2.05, 4.69) is 5.32 Å². The van der Waals surface area contributed by atoms with Crippen LogP contribution in [0.25, 0.3) is 0 Å². The fraction of sp³-hybridized carbons (Fsp3) is 0.500. The minimum absolute atomic E-state index is 0.0715. The number of hydrogen-bond acceptors (Lipinski definition) is 2. The molecule has 96 valence electrons. The summed E-state index contributed by atoms with van der Waals surface area (Å²) in [5.41, 5.74) is 0. The fourth-order valence-corrected chi connectivity index (χ4v) is 2.91. The molecule has 5 heteroatoms. The van der Waals surface area contributed by atoms with Gasteiger partial charge in [-0.25, -0.2) is 8.78 Å². The lowest BCUT2D eigenvalue weighted by molar-refractivity contribution is 0.545. The molecule has 17 heavy (non-hydrogen) atoms. The Hall–Kier alpha value is -0.810. The maximum absolute atomic E-state index is 13.4. The molecule has 0 aromatic heterocycles. The van der Waals surface area contributed by atoms with Crippen LogP contribution in [0.2, 0.25) is 0 Å². The van der Waals surface area contributed by atoms with E-state index >= 15 is 0 Å². The minimum atomic E-state index is -1.45. The van der Waals surface area contributed by atoms with Crippen molar-refractivity contribution in [2.75, 3.05) is 7.05 Å². The van der Waals surface area contributed by atoms with E-state index < -0.39 is 22.4 Å². The van der Waals surface area contributed by atoms with Gasteiger partial charge < -0.3 is 5.32 Å². The first-order valence-corrected chi connectivity index (χ1v) is 6.70. The Morgan fingerprint density at radius 3 is 2.53 bits per heavy atom. The molecular weight excluding hydrogens is 244 g/mol. The third kappa shape index (κ3) is 3.85. The zero-order chi connectivity index (χ0) is 13.0. The Bertz CT molecular complexity index is 411. The lowest BCUT2D eigenvalue weighted by Crippen LogP contribution is -2.27. The molecule has 0 aliphatic heterocycles. The largest absolute Gasteiger partial charge is 0.317 e. The predicted octanol–water partition coefficient (Wildman–Crippen LogP) is 2.46. The Balaban J connectivity index is 2.81. The van der Waals surface area contributed by atoms with Gasteiger partial charge in [-0.2, -0.15) is 0 Å². The summed E-state index contributed by atoms with van der Waals surface area (Å²) in [5.74, 6) is -1.40. The Labute approximate surface area is 103 Å². The average Bonchev–Trinajstić information content (AvgIpc) is 2.28. The molecule has 0 saturated heterocycles. The quantitative estimate of drug-likeness (QED) is 0.882. The van der Waals surface area contributed by atoms with Crippen LogP contribution in [0, 0.1) is 11.6 Å². The first kappa shape index (κ1) is 14.3. The van der Waals surface area contributed by atoms with Crippen LogP contribution in [-0.4, -0.2) is 22.5 Å². The summed E-state index contributed by atoms with van der Waals surface area (Å²) in [6.45, 7) is 3.77. The van der Waals surface area contributed by atoms with Crippen molar-refractivity contribution in [3.05, 3.63) is 29.8 Å². The Morgan fingerprint density at radius 1 is 1.35 bits per heavy atom. The second-order valence-corrected chi connectivity index (χ2v) is 5.95. The van der Waals surface area contributed by atoms with Gasteiger partial charge in [0.2, 0.25) is 0 Å². The predicted molar refractivity (Wildman–Crippen MR) is 65.4 cm³/mol. The molecule has 1 aromatic carbocycles. The monoisotopic (exact) mass is 261 g/mol. The van der Waals surface area contributed by atoms with Crippen LogP contribution in [0.3, 0.4) is 0 Å². The van der Waals surface area contributed by atoms with Gasteiger partial charge in [0.05, 0.1) is 15.7 Å². The van der Waals surface area contributed by atoms with Crippen molar-refractivity contribution < 1.29 is 13.0 Å². The fourth-order valence-electron chi connectivity index (χ4n) is 1.56. The maximum atomic E-state index is 13.4. The van der Waals surface area contributed by atoms with Crippen molar-refractivity contribution in [3.8, 4) is 0 Å². The first-order chi connectivity index (χ1) is 7.95. The summed E-state index contributed by atoms with van der Waals surface area (Å²) in [6, 6.07) is 3.35. The zero-order valence-corrected chi connectivity index (χ0v) is 11.0. The summed E-state index contributed by atoms with van der Waals surface area (Å²) in [7, 11) is 0.366. The molecule has 3 atom stereocenters. The van der Waals surface area contributed by atoms with E-state index in [0.717, 1.165) is 12.1 Å². The number of benzene rings is 1. The smallest absolute Gasteiger partial charge is 0.142 e. The van der Waals surface area contributed by atoms with E-state index in [9.17, 15) is 13.0 Å². The molecule has 0 heterocycles. The molecule has 0 radical (unpaired) electrons. The molecule has 0 amide bonds. The third-order valence-corrected chi connectivity index (χ3v) is 4.34. The van der Waals surface area contributed by atoms with Gasteiger partial charge in [0.25, 0.3) is 0 Å². The number of nitrogens with one attached hydrogen (secondary N) is 1. The first-order valence-electron chi connectivity index (χ1n) is 5.48. The molecule has 0 aliphatic rings. The lowest BCUT2D eigenvalue weighted by atomic mass is 10.2. The number of rotatable bonds is 5. The summed E-state index contributed by atoms with van der Waals surface area (Å²) < 4.78 is 38.2. The molecule has 0 spiro atoms. The SMILES string of the molecule is CNC(C)CC(C)S(=O)c1ccc(F)cc1F. The van der Waals surface area contributed by atoms with E-state index in [4.69, 9.17) is 0 Å². The molecule has 1 aromatic rings. The van der Waals surface area contributed by atoms with Crippen LogP contribution in [0.1, 0.15) is 20.3 Å². The number of hydrogen-bond donors (Lipinski definition) is 1. The summed E-state index contributed by atoms with van der Waals surface area (Å²) in [4.78, 5) is 0.0715. The maximum Gasteiger partial charge on any atom is 0.142 e. The van der Waals surface area contributed by atoms with Gasteiger partial charge in [-0.15, -0.1) is 0 Å². The highest BCUT2D eigenvalue weighted by atomic mass is 32.2. The molecule has 2 nitrogen and oxygen atoms in total. The van der Waals surface area contributed by atoms with Crippen molar-refractivity contribution in [3.63, 3.8) is 0 Å². The highest BCUT2D eigenvalue weighted by molar-refractivity contribution is 7.85. The van der Waals surface area contributed by atoms with Gasteiger partial charge in [0.15, 0.2) is 0 Å². The summed E-state index contributed by atoms with van der Waals surface area (Å²) in [5, 5.41) is 2.85. The van der Waals surface area contributed by atoms with Crippen LogP contribution in [0.5, 0.6) is 0 Å². The zero-order valence-electron chi connectivity index (χ0n) is 10.2. The van der Waals surface area contributed by atoms with Crippen molar-refractivity contribution in [1.82, 2.24) is 5.32 Å².